The van der Waals surface area contributed by atoms with Crippen LogP contribution in [0.5, 0.6) is 0 Å². The van der Waals surface area contributed by atoms with Crippen LogP contribution < -0.4 is 15.5 Å². The predicted octanol–water partition coefficient (Wildman–Crippen LogP) is 3.91. The Bertz CT molecular complexity index is 1370. The number of halogens is 1. The largest absolute Gasteiger partial charge is 0.312 e. The quantitative estimate of drug-likeness (QED) is 0.452. The zero-order chi connectivity index (χ0) is 24.5. The van der Waals surface area contributed by atoms with Gasteiger partial charge in [0.15, 0.2) is 5.82 Å². The molecule has 0 aliphatic carbocycles. The Kier molecular flexibility index (Phi) is 6.12. The molecule has 5 heterocycles. The van der Waals surface area contributed by atoms with Crippen molar-refractivity contribution in [3.05, 3.63) is 60.4 Å². The van der Waals surface area contributed by atoms with Gasteiger partial charge in [0.25, 0.3) is 0 Å². The lowest BCUT2D eigenvalue weighted by Gasteiger charge is -2.20. The van der Waals surface area contributed by atoms with Crippen molar-refractivity contribution in [2.24, 2.45) is 0 Å². The molecule has 0 aromatic carbocycles. The van der Waals surface area contributed by atoms with Crippen molar-refractivity contribution in [3.63, 3.8) is 0 Å². The minimum absolute atomic E-state index is 0.0623. The standard InChI is InChI=1S/C25H27FN8O/c1-15(2)19-13-30-34-8-6-17(11-21(19)34)24-20(26)14-29-25(32-24)31-22-5-4-18(12-28-22)33-9-7-27-16(3)10-23(33)35/h4-6,8,11-16,27H,7,9-10H2,1-3H3,(H,28,29,31,32). The number of aromatic nitrogens is 5. The van der Waals surface area contributed by atoms with E-state index in [4.69, 9.17) is 0 Å². The third-order valence-corrected chi connectivity index (χ3v) is 6.10. The highest BCUT2D eigenvalue weighted by Crippen LogP contribution is 2.27. The normalized spacial score (nSPS) is 16.7. The highest BCUT2D eigenvalue weighted by Gasteiger charge is 2.22. The van der Waals surface area contributed by atoms with Gasteiger partial charge in [0, 0.05) is 42.9 Å². The summed E-state index contributed by atoms with van der Waals surface area (Å²) in [6.45, 7) is 7.50. The van der Waals surface area contributed by atoms with E-state index in [2.05, 4.69) is 44.5 Å². The number of fused-ring (bicyclic) bond motifs is 1. The summed E-state index contributed by atoms with van der Waals surface area (Å²) < 4.78 is 16.5. The van der Waals surface area contributed by atoms with Crippen LogP contribution in [0.2, 0.25) is 0 Å². The summed E-state index contributed by atoms with van der Waals surface area (Å²) in [5, 5.41) is 10.7. The van der Waals surface area contributed by atoms with Crippen LogP contribution >= 0.6 is 0 Å². The van der Waals surface area contributed by atoms with Crippen LogP contribution in [-0.4, -0.2) is 49.6 Å². The Morgan fingerprint density at radius 2 is 2.03 bits per heavy atom. The number of pyridine rings is 2. The Morgan fingerprint density at radius 3 is 2.80 bits per heavy atom. The summed E-state index contributed by atoms with van der Waals surface area (Å²) >= 11 is 0. The van der Waals surface area contributed by atoms with Crippen LogP contribution in [0.15, 0.2) is 49.1 Å². The van der Waals surface area contributed by atoms with E-state index in [0.29, 0.717) is 24.3 Å². The maximum atomic E-state index is 14.7. The lowest BCUT2D eigenvalue weighted by molar-refractivity contribution is -0.118. The van der Waals surface area contributed by atoms with E-state index in [1.807, 2.05) is 25.3 Å². The topological polar surface area (TPSA) is 100 Å². The molecule has 0 spiro atoms. The van der Waals surface area contributed by atoms with Crippen molar-refractivity contribution >= 4 is 28.9 Å². The number of anilines is 3. The summed E-state index contributed by atoms with van der Waals surface area (Å²) in [7, 11) is 0. The summed E-state index contributed by atoms with van der Waals surface area (Å²) in [5.41, 5.74) is 3.54. The van der Waals surface area contributed by atoms with Crippen LogP contribution in [0.4, 0.5) is 21.8 Å². The van der Waals surface area contributed by atoms with Gasteiger partial charge in [-0.3, -0.25) is 4.79 Å². The lowest BCUT2D eigenvalue weighted by Crippen LogP contribution is -2.32. The zero-order valence-corrected chi connectivity index (χ0v) is 19.9. The van der Waals surface area contributed by atoms with Gasteiger partial charge in [-0.05, 0) is 37.1 Å². The van der Waals surface area contributed by atoms with Gasteiger partial charge in [0.2, 0.25) is 11.9 Å². The molecule has 1 aliphatic heterocycles. The molecule has 35 heavy (non-hydrogen) atoms. The molecule has 0 saturated carbocycles. The molecule has 1 amide bonds. The first-order chi connectivity index (χ1) is 16.9. The van der Waals surface area contributed by atoms with Crippen molar-refractivity contribution in [1.29, 1.82) is 0 Å². The molecule has 4 aromatic heterocycles. The number of nitrogens with zero attached hydrogens (tertiary/aromatic N) is 6. The van der Waals surface area contributed by atoms with Gasteiger partial charge in [0.1, 0.15) is 11.5 Å². The van der Waals surface area contributed by atoms with E-state index in [1.54, 1.807) is 33.9 Å². The molecule has 4 aromatic rings. The average molecular weight is 475 g/mol. The Hall–Kier alpha value is -3.92. The molecular formula is C25H27FN8O. The number of hydrogen-bond acceptors (Lipinski definition) is 7. The smallest absolute Gasteiger partial charge is 0.229 e. The molecule has 1 unspecified atom stereocenters. The number of rotatable bonds is 5. The second-order valence-corrected chi connectivity index (χ2v) is 9.02. The first-order valence-electron chi connectivity index (χ1n) is 11.7. The van der Waals surface area contributed by atoms with Crippen LogP contribution in [0.3, 0.4) is 0 Å². The molecule has 1 saturated heterocycles. The van der Waals surface area contributed by atoms with Crippen molar-refractivity contribution in [2.75, 3.05) is 23.3 Å². The second kappa shape index (κ2) is 9.38. The first kappa shape index (κ1) is 22.9. The molecule has 0 radical (unpaired) electrons. The van der Waals surface area contributed by atoms with Crippen LogP contribution in [0, 0.1) is 5.82 Å². The third-order valence-electron chi connectivity index (χ3n) is 6.10. The molecular weight excluding hydrogens is 447 g/mol. The molecule has 1 aliphatic rings. The van der Waals surface area contributed by atoms with Gasteiger partial charge < -0.3 is 15.5 Å². The van der Waals surface area contributed by atoms with Gasteiger partial charge in [0.05, 0.1) is 29.8 Å². The SMILES string of the molecule is CC1CC(=O)N(c2ccc(Nc3ncc(F)c(-c4ccn5ncc(C(C)C)c5c4)n3)nc2)CCN1. The van der Waals surface area contributed by atoms with Crippen molar-refractivity contribution < 1.29 is 9.18 Å². The van der Waals surface area contributed by atoms with Gasteiger partial charge >= 0.3 is 0 Å². The Morgan fingerprint density at radius 1 is 1.17 bits per heavy atom. The molecule has 9 nitrogen and oxygen atoms in total. The van der Waals surface area contributed by atoms with E-state index < -0.39 is 5.82 Å². The number of nitrogens with one attached hydrogen (secondary N) is 2. The summed E-state index contributed by atoms with van der Waals surface area (Å²) in [6, 6.07) is 7.40. The molecule has 5 rings (SSSR count). The van der Waals surface area contributed by atoms with E-state index in [9.17, 15) is 9.18 Å². The van der Waals surface area contributed by atoms with Gasteiger partial charge in [-0.2, -0.15) is 5.10 Å². The molecule has 10 heteroatoms. The summed E-state index contributed by atoms with van der Waals surface area (Å²) in [5.74, 6) is 0.550. The summed E-state index contributed by atoms with van der Waals surface area (Å²) in [6.07, 6.45) is 6.86. The van der Waals surface area contributed by atoms with Gasteiger partial charge in [-0.15, -0.1) is 0 Å². The Balaban J connectivity index is 1.38. The van der Waals surface area contributed by atoms with Crippen molar-refractivity contribution in [3.8, 4) is 11.3 Å². The monoisotopic (exact) mass is 474 g/mol. The van der Waals surface area contributed by atoms with Gasteiger partial charge in [-0.1, -0.05) is 13.8 Å². The van der Waals surface area contributed by atoms with Crippen molar-refractivity contribution in [2.45, 2.75) is 39.2 Å². The van der Waals surface area contributed by atoms with E-state index in [1.165, 1.54) is 0 Å². The molecule has 0 bridgehead atoms. The van der Waals surface area contributed by atoms with E-state index in [0.717, 1.165) is 29.5 Å². The Labute approximate surface area is 202 Å². The lowest BCUT2D eigenvalue weighted by atomic mass is 10.0. The van der Waals surface area contributed by atoms with Crippen LogP contribution in [0.1, 0.15) is 38.7 Å². The highest BCUT2D eigenvalue weighted by molar-refractivity contribution is 5.94. The molecule has 1 fully saturated rings. The predicted molar refractivity (Wildman–Crippen MR) is 132 cm³/mol. The van der Waals surface area contributed by atoms with Crippen LogP contribution in [0.25, 0.3) is 16.8 Å². The first-order valence-corrected chi connectivity index (χ1v) is 11.7. The maximum Gasteiger partial charge on any atom is 0.229 e. The van der Waals surface area contributed by atoms with E-state index in [-0.39, 0.29) is 29.5 Å². The molecule has 2 N–H and O–H groups in total. The number of amides is 1. The maximum absolute atomic E-state index is 14.7. The zero-order valence-electron chi connectivity index (χ0n) is 19.9. The average Bonchev–Trinajstić information content (AvgIpc) is 3.19. The van der Waals surface area contributed by atoms with E-state index >= 15 is 0 Å². The number of hydrogen-bond donors (Lipinski definition) is 2. The van der Waals surface area contributed by atoms with Gasteiger partial charge in [-0.25, -0.2) is 23.9 Å². The fourth-order valence-corrected chi connectivity index (χ4v) is 4.22. The minimum Gasteiger partial charge on any atom is -0.312 e. The minimum atomic E-state index is -0.517. The molecule has 180 valence electrons. The van der Waals surface area contributed by atoms with Crippen LogP contribution in [-0.2, 0) is 4.79 Å². The third kappa shape index (κ3) is 4.69. The fraction of sp³-hybridized carbons (Fsp3) is 0.320. The van der Waals surface area contributed by atoms with Crippen molar-refractivity contribution in [1.82, 2.24) is 29.9 Å². The summed E-state index contributed by atoms with van der Waals surface area (Å²) in [4.78, 5) is 27.1. The number of carbonyl (C=O) groups is 1. The molecule has 1 atom stereocenters. The highest BCUT2D eigenvalue weighted by atomic mass is 19.1. The fourth-order valence-electron chi connectivity index (χ4n) is 4.22. The second-order valence-electron chi connectivity index (χ2n) is 9.02. The number of carbonyl (C=O) groups excluding carboxylic acids is 1.